The molecule has 1 saturated heterocycles. The summed E-state index contributed by atoms with van der Waals surface area (Å²) in [4.78, 5) is 0. The van der Waals surface area contributed by atoms with E-state index in [-0.39, 0.29) is 11.2 Å². The molecule has 0 radical (unpaired) electrons. The van der Waals surface area contributed by atoms with E-state index in [0.717, 1.165) is 5.46 Å². The summed E-state index contributed by atoms with van der Waals surface area (Å²) in [6.45, 7) is 8.45. The molecule has 0 N–H and O–H groups in total. The normalized spacial score (nSPS) is 17.3. The van der Waals surface area contributed by atoms with Gasteiger partial charge in [0, 0.05) is 30.9 Å². The van der Waals surface area contributed by atoms with E-state index in [1.54, 1.807) is 0 Å². The van der Waals surface area contributed by atoms with E-state index in [0.29, 0.717) is 0 Å². The molecule has 172 valence electrons. The molecule has 0 saturated carbocycles. The van der Waals surface area contributed by atoms with E-state index in [4.69, 9.17) is 9.31 Å². The van der Waals surface area contributed by atoms with Crippen molar-refractivity contribution < 1.29 is 9.31 Å². The third-order valence-corrected chi connectivity index (χ3v) is 8.98. The average molecular weight is 475 g/mol. The summed E-state index contributed by atoms with van der Waals surface area (Å²) in [5.41, 5.74) is 3.95. The van der Waals surface area contributed by atoms with Crippen LogP contribution in [0.15, 0.2) is 84.9 Å². The topological polar surface area (TPSA) is 23.4 Å². The van der Waals surface area contributed by atoms with Crippen LogP contribution in [0.3, 0.4) is 0 Å². The molecule has 0 atom stereocenters. The number of para-hydroxylation sites is 2. The van der Waals surface area contributed by atoms with Gasteiger partial charge in [0.25, 0.3) is 0 Å². The van der Waals surface area contributed by atoms with Gasteiger partial charge in [0.2, 0.25) is 0 Å². The fourth-order valence-electron chi connectivity index (χ4n) is 5.41. The van der Waals surface area contributed by atoms with Gasteiger partial charge >= 0.3 is 7.12 Å². The number of benzene rings is 4. The summed E-state index contributed by atoms with van der Waals surface area (Å²) < 4.78 is 18.0. The highest BCUT2D eigenvalue weighted by Crippen LogP contribution is 2.42. The van der Waals surface area contributed by atoms with Gasteiger partial charge in [0.1, 0.15) is 0 Å². The molecule has 0 bridgehead atoms. The van der Waals surface area contributed by atoms with Crippen molar-refractivity contribution in [2.75, 3.05) is 0 Å². The first-order valence-electron chi connectivity index (χ1n) is 12.1. The lowest BCUT2D eigenvalue weighted by atomic mass is 9.76. The van der Waals surface area contributed by atoms with Crippen molar-refractivity contribution in [2.24, 2.45) is 0 Å². The second-order valence-corrected chi connectivity index (χ2v) is 11.5. The number of thiophene rings is 1. The minimum atomic E-state index is -0.410. The molecule has 0 spiro atoms. The predicted molar refractivity (Wildman–Crippen MR) is 149 cm³/mol. The average Bonchev–Trinajstić information content (AvgIpc) is 3.45. The maximum Gasteiger partial charge on any atom is 0.495 e. The van der Waals surface area contributed by atoms with Gasteiger partial charge in [-0.3, -0.25) is 0 Å². The minimum absolute atomic E-state index is 0.388. The molecule has 5 heteroatoms. The zero-order chi connectivity index (χ0) is 23.9. The molecule has 6 aromatic rings. The number of hydrogen-bond acceptors (Lipinski definition) is 3. The van der Waals surface area contributed by atoms with Gasteiger partial charge in [-0.05, 0) is 63.5 Å². The van der Waals surface area contributed by atoms with Crippen molar-refractivity contribution in [2.45, 2.75) is 38.9 Å². The highest BCUT2D eigenvalue weighted by molar-refractivity contribution is 7.26. The molecule has 1 fully saturated rings. The van der Waals surface area contributed by atoms with E-state index < -0.39 is 7.12 Å². The van der Waals surface area contributed by atoms with Crippen LogP contribution in [0.2, 0.25) is 0 Å². The van der Waals surface area contributed by atoms with Crippen LogP contribution in [0.1, 0.15) is 27.7 Å². The Hall–Kier alpha value is -3.12. The molecular formula is C30H26BNO2S. The Balaban J connectivity index is 1.58. The fourth-order valence-corrected chi connectivity index (χ4v) is 6.57. The number of hydrogen-bond donors (Lipinski definition) is 0. The third kappa shape index (κ3) is 2.92. The van der Waals surface area contributed by atoms with E-state index in [1.165, 1.54) is 47.7 Å². The molecular weight excluding hydrogens is 449 g/mol. The molecule has 7 rings (SSSR count). The molecule has 3 heterocycles. The Morgan fingerprint density at radius 2 is 1.17 bits per heavy atom. The standard InChI is InChI=1S/C30H26BNO2S/c1-29(2)30(3,4)34-31(33-29)21-13-9-17-25-27(21)28-24(16-10-18-26(28)35-25)32-22-14-7-5-11-19(22)20-12-6-8-15-23(20)32/h5-18H,1-4H3. The monoisotopic (exact) mass is 475 g/mol. The first-order chi connectivity index (χ1) is 16.9. The van der Waals surface area contributed by atoms with Crippen molar-refractivity contribution in [3.05, 3.63) is 84.9 Å². The summed E-state index contributed by atoms with van der Waals surface area (Å²) in [5, 5.41) is 5.02. The molecule has 2 aromatic heterocycles. The van der Waals surface area contributed by atoms with Gasteiger partial charge in [-0.1, -0.05) is 54.6 Å². The number of aromatic nitrogens is 1. The van der Waals surface area contributed by atoms with Crippen molar-refractivity contribution in [3.8, 4) is 5.69 Å². The lowest BCUT2D eigenvalue weighted by Crippen LogP contribution is -2.41. The Morgan fingerprint density at radius 1 is 0.629 bits per heavy atom. The van der Waals surface area contributed by atoms with Crippen molar-refractivity contribution in [1.82, 2.24) is 4.57 Å². The molecule has 0 aliphatic carbocycles. The first-order valence-corrected chi connectivity index (χ1v) is 13.0. The van der Waals surface area contributed by atoms with Gasteiger partial charge in [-0.15, -0.1) is 11.3 Å². The molecule has 3 nitrogen and oxygen atoms in total. The van der Waals surface area contributed by atoms with Crippen LogP contribution >= 0.6 is 11.3 Å². The van der Waals surface area contributed by atoms with E-state index in [2.05, 4.69) is 117 Å². The molecule has 4 aromatic carbocycles. The smallest absolute Gasteiger partial charge is 0.399 e. The minimum Gasteiger partial charge on any atom is -0.399 e. The quantitative estimate of drug-likeness (QED) is 0.243. The maximum absolute atomic E-state index is 6.52. The number of fused-ring (bicyclic) bond motifs is 6. The molecule has 1 aliphatic heterocycles. The maximum atomic E-state index is 6.52. The van der Waals surface area contributed by atoms with Crippen molar-refractivity contribution >= 4 is 65.9 Å². The third-order valence-electron chi connectivity index (χ3n) is 7.86. The van der Waals surface area contributed by atoms with Gasteiger partial charge in [0.05, 0.1) is 27.9 Å². The summed E-state index contributed by atoms with van der Waals surface area (Å²) in [7, 11) is -0.410. The molecule has 35 heavy (non-hydrogen) atoms. The van der Waals surface area contributed by atoms with Gasteiger partial charge in [-0.25, -0.2) is 0 Å². The Morgan fingerprint density at radius 3 is 1.80 bits per heavy atom. The van der Waals surface area contributed by atoms with Crippen molar-refractivity contribution in [1.29, 1.82) is 0 Å². The van der Waals surface area contributed by atoms with Crippen LogP contribution in [-0.2, 0) is 9.31 Å². The van der Waals surface area contributed by atoms with E-state index >= 15 is 0 Å². The zero-order valence-corrected chi connectivity index (χ0v) is 21.1. The van der Waals surface area contributed by atoms with Gasteiger partial charge < -0.3 is 13.9 Å². The largest absolute Gasteiger partial charge is 0.495 e. The van der Waals surface area contributed by atoms with Crippen LogP contribution < -0.4 is 5.46 Å². The zero-order valence-electron chi connectivity index (χ0n) is 20.3. The lowest BCUT2D eigenvalue weighted by molar-refractivity contribution is 0.00578. The predicted octanol–water partition coefficient (Wildman–Crippen LogP) is 7.45. The summed E-state index contributed by atoms with van der Waals surface area (Å²) in [5.74, 6) is 0. The molecule has 1 aliphatic rings. The first kappa shape index (κ1) is 21.2. The second-order valence-electron chi connectivity index (χ2n) is 10.4. The Bertz CT molecular complexity index is 1710. The van der Waals surface area contributed by atoms with Crippen LogP contribution in [0.25, 0.3) is 47.7 Å². The Kier molecular flexibility index (Phi) is 4.36. The van der Waals surface area contributed by atoms with Crippen LogP contribution in [-0.4, -0.2) is 22.9 Å². The lowest BCUT2D eigenvalue weighted by Gasteiger charge is -2.32. The molecule has 0 amide bonds. The Labute approximate surface area is 209 Å². The molecule has 0 unspecified atom stereocenters. The second kappa shape index (κ2) is 7.20. The van der Waals surface area contributed by atoms with Crippen molar-refractivity contribution in [3.63, 3.8) is 0 Å². The fraction of sp³-hybridized carbons (Fsp3) is 0.200. The highest BCUT2D eigenvalue weighted by atomic mass is 32.1. The van der Waals surface area contributed by atoms with E-state index in [1.807, 2.05) is 11.3 Å². The van der Waals surface area contributed by atoms with Crippen LogP contribution in [0, 0.1) is 0 Å². The number of rotatable bonds is 2. The van der Waals surface area contributed by atoms with Crippen LogP contribution in [0.5, 0.6) is 0 Å². The SMILES string of the molecule is CC1(C)OB(c2cccc3sc4cccc(-n5c6ccccc6c6ccccc65)c4c23)OC1(C)C. The van der Waals surface area contributed by atoms with Gasteiger partial charge in [-0.2, -0.15) is 0 Å². The van der Waals surface area contributed by atoms with Crippen LogP contribution in [0.4, 0.5) is 0 Å². The number of nitrogens with zero attached hydrogens (tertiary/aromatic N) is 1. The summed E-state index contributed by atoms with van der Waals surface area (Å²) >= 11 is 1.83. The highest BCUT2D eigenvalue weighted by Gasteiger charge is 2.52. The summed E-state index contributed by atoms with van der Waals surface area (Å²) in [6.07, 6.45) is 0. The van der Waals surface area contributed by atoms with Gasteiger partial charge in [0.15, 0.2) is 0 Å². The van der Waals surface area contributed by atoms with E-state index in [9.17, 15) is 0 Å². The summed E-state index contributed by atoms with van der Waals surface area (Å²) in [6, 6.07) is 30.5.